The highest BCUT2D eigenvalue weighted by Gasteiger charge is 2.10. The third-order valence-electron chi connectivity index (χ3n) is 4.19. The second-order valence-corrected chi connectivity index (χ2v) is 7.47. The van der Waals surface area contributed by atoms with Crippen molar-refractivity contribution >= 4 is 44.5 Å². The van der Waals surface area contributed by atoms with Gasteiger partial charge >= 0.3 is 0 Å². The smallest absolute Gasteiger partial charge is 0.204 e. The van der Waals surface area contributed by atoms with Crippen LogP contribution in [0.5, 0.6) is 0 Å². The Bertz CT molecular complexity index is 1080. The van der Waals surface area contributed by atoms with E-state index < -0.39 is 0 Å². The van der Waals surface area contributed by atoms with Crippen molar-refractivity contribution in [2.24, 2.45) is 5.10 Å². The van der Waals surface area contributed by atoms with E-state index in [0.29, 0.717) is 0 Å². The molecule has 4 aromatic rings. The minimum atomic E-state index is 0.725. The van der Waals surface area contributed by atoms with Gasteiger partial charge in [0, 0.05) is 27.7 Å². The summed E-state index contributed by atoms with van der Waals surface area (Å²) >= 11 is 7.72. The van der Waals surface area contributed by atoms with Gasteiger partial charge in [0.2, 0.25) is 5.13 Å². The van der Waals surface area contributed by atoms with E-state index in [-0.39, 0.29) is 0 Å². The number of thiazole rings is 1. The number of anilines is 1. The monoisotopic (exact) mass is 380 g/mol. The number of aryl methyl sites for hydroxylation is 1. The van der Waals surface area contributed by atoms with Gasteiger partial charge in [0.1, 0.15) is 0 Å². The zero-order valence-electron chi connectivity index (χ0n) is 14.4. The first kappa shape index (κ1) is 16.8. The number of aromatic nitrogens is 2. The Morgan fingerprint density at radius 3 is 2.77 bits per heavy atom. The van der Waals surface area contributed by atoms with Crippen LogP contribution in [0, 0.1) is 13.8 Å². The Hall–Kier alpha value is -2.63. The molecule has 4 rings (SSSR count). The minimum Gasteiger partial charge on any atom is -0.318 e. The van der Waals surface area contributed by atoms with Crippen LogP contribution >= 0.6 is 22.9 Å². The molecule has 2 aromatic carbocycles. The van der Waals surface area contributed by atoms with Crippen LogP contribution in [0.2, 0.25) is 5.02 Å². The highest BCUT2D eigenvalue weighted by molar-refractivity contribution is 7.22. The summed E-state index contributed by atoms with van der Waals surface area (Å²) in [5.74, 6) is 0. The quantitative estimate of drug-likeness (QED) is 0.359. The molecule has 26 heavy (non-hydrogen) atoms. The summed E-state index contributed by atoms with van der Waals surface area (Å²) < 4.78 is 3.31. The van der Waals surface area contributed by atoms with Crippen molar-refractivity contribution in [3.05, 3.63) is 76.6 Å². The molecule has 0 aliphatic rings. The van der Waals surface area contributed by atoms with Gasteiger partial charge in [-0.2, -0.15) is 5.10 Å². The molecule has 0 unspecified atom stereocenters. The van der Waals surface area contributed by atoms with Crippen LogP contribution in [0.3, 0.4) is 0 Å². The van der Waals surface area contributed by atoms with Gasteiger partial charge in [0.25, 0.3) is 0 Å². The molecule has 2 aromatic heterocycles. The van der Waals surface area contributed by atoms with Gasteiger partial charge in [-0.05, 0) is 50.2 Å². The summed E-state index contributed by atoms with van der Waals surface area (Å²) in [7, 11) is 0. The maximum atomic E-state index is 6.14. The van der Waals surface area contributed by atoms with E-state index in [1.165, 1.54) is 0 Å². The zero-order chi connectivity index (χ0) is 18.1. The Morgan fingerprint density at radius 1 is 1.12 bits per heavy atom. The molecule has 0 radical (unpaired) electrons. The number of rotatable bonds is 4. The summed E-state index contributed by atoms with van der Waals surface area (Å²) in [5.41, 5.74) is 8.36. The molecule has 6 heteroatoms. The van der Waals surface area contributed by atoms with Gasteiger partial charge in [-0.15, -0.1) is 0 Å². The molecule has 4 nitrogen and oxygen atoms in total. The predicted octanol–water partition coefficient (Wildman–Crippen LogP) is 5.80. The number of nitrogens with one attached hydrogen (secondary N) is 1. The zero-order valence-corrected chi connectivity index (χ0v) is 16.0. The number of hydrazone groups is 1. The van der Waals surface area contributed by atoms with Crippen LogP contribution in [-0.4, -0.2) is 15.8 Å². The number of nitrogens with zero attached hydrogens (tertiary/aromatic N) is 3. The first-order valence-electron chi connectivity index (χ1n) is 8.21. The Morgan fingerprint density at radius 2 is 1.96 bits per heavy atom. The molecule has 2 heterocycles. The Balaban J connectivity index is 1.58. The van der Waals surface area contributed by atoms with Crippen LogP contribution in [0.25, 0.3) is 15.9 Å². The Kier molecular flexibility index (Phi) is 4.49. The second kappa shape index (κ2) is 6.94. The minimum absolute atomic E-state index is 0.725. The topological polar surface area (TPSA) is 42.2 Å². The Labute approximate surface area is 160 Å². The van der Waals surface area contributed by atoms with E-state index in [1.807, 2.05) is 48.7 Å². The maximum absolute atomic E-state index is 6.14. The maximum Gasteiger partial charge on any atom is 0.204 e. The lowest BCUT2D eigenvalue weighted by Gasteiger charge is -2.09. The van der Waals surface area contributed by atoms with E-state index in [9.17, 15) is 0 Å². The largest absolute Gasteiger partial charge is 0.318 e. The molecule has 1 N–H and O–H groups in total. The van der Waals surface area contributed by atoms with Crippen molar-refractivity contribution in [1.29, 1.82) is 0 Å². The van der Waals surface area contributed by atoms with Crippen LogP contribution in [0.4, 0.5) is 5.13 Å². The molecule has 0 spiro atoms. The van der Waals surface area contributed by atoms with Crippen LogP contribution in [0.1, 0.15) is 17.0 Å². The second-order valence-electron chi connectivity index (χ2n) is 6.00. The third kappa shape index (κ3) is 3.23. The highest BCUT2D eigenvalue weighted by Crippen LogP contribution is 2.25. The first-order valence-corrected chi connectivity index (χ1v) is 9.41. The van der Waals surface area contributed by atoms with Gasteiger partial charge in [-0.3, -0.25) is 5.43 Å². The molecule has 0 saturated carbocycles. The average molecular weight is 381 g/mol. The fraction of sp³-hybridized carbons (Fsp3) is 0.100. The first-order chi connectivity index (χ1) is 12.6. The molecule has 0 aliphatic carbocycles. The highest BCUT2D eigenvalue weighted by atomic mass is 35.5. The molecule has 0 saturated heterocycles. The van der Waals surface area contributed by atoms with Gasteiger partial charge in [0.15, 0.2) is 0 Å². The van der Waals surface area contributed by atoms with Gasteiger partial charge in [-0.25, -0.2) is 4.98 Å². The summed E-state index contributed by atoms with van der Waals surface area (Å²) in [6.45, 7) is 4.15. The molecule has 0 bridgehead atoms. The van der Waals surface area contributed by atoms with E-state index in [2.05, 4.69) is 46.1 Å². The predicted molar refractivity (Wildman–Crippen MR) is 111 cm³/mol. The van der Waals surface area contributed by atoms with E-state index in [0.717, 1.165) is 43.0 Å². The number of hydrogen-bond donors (Lipinski definition) is 1. The van der Waals surface area contributed by atoms with E-state index in [1.54, 1.807) is 11.3 Å². The molecular formula is C20H17ClN4S. The number of halogens is 1. The fourth-order valence-electron chi connectivity index (χ4n) is 3.01. The van der Waals surface area contributed by atoms with E-state index >= 15 is 0 Å². The molecular weight excluding hydrogens is 364 g/mol. The molecule has 130 valence electrons. The fourth-order valence-corrected chi connectivity index (χ4v) is 4.01. The average Bonchev–Trinajstić information content (AvgIpc) is 3.15. The summed E-state index contributed by atoms with van der Waals surface area (Å²) in [4.78, 5) is 4.52. The lowest BCUT2D eigenvalue weighted by molar-refractivity contribution is 0.965. The summed E-state index contributed by atoms with van der Waals surface area (Å²) in [5, 5.41) is 5.88. The molecule has 0 aliphatic heterocycles. The SMILES string of the molecule is Cc1cc(/C=N\Nc2nc3ccccc3s2)c(C)n1-c1cccc(Cl)c1. The van der Waals surface area contributed by atoms with E-state index in [4.69, 9.17) is 11.6 Å². The molecule has 0 amide bonds. The lowest BCUT2D eigenvalue weighted by Crippen LogP contribution is -1.99. The van der Waals surface area contributed by atoms with Crippen LogP contribution in [0.15, 0.2) is 59.7 Å². The summed E-state index contributed by atoms with van der Waals surface area (Å²) in [6.07, 6.45) is 1.83. The van der Waals surface area contributed by atoms with Gasteiger partial charge in [0.05, 0.1) is 16.4 Å². The van der Waals surface area contributed by atoms with Crippen molar-refractivity contribution in [2.45, 2.75) is 13.8 Å². The van der Waals surface area contributed by atoms with Crippen molar-refractivity contribution < 1.29 is 0 Å². The van der Waals surface area contributed by atoms with Crippen LogP contribution < -0.4 is 5.43 Å². The summed E-state index contributed by atoms with van der Waals surface area (Å²) in [6, 6.07) is 18.0. The lowest BCUT2D eigenvalue weighted by atomic mass is 10.2. The van der Waals surface area contributed by atoms with Crippen molar-refractivity contribution in [3.8, 4) is 5.69 Å². The van der Waals surface area contributed by atoms with Crippen LogP contribution in [-0.2, 0) is 0 Å². The molecule has 0 fully saturated rings. The third-order valence-corrected chi connectivity index (χ3v) is 5.37. The number of benzene rings is 2. The van der Waals surface area contributed by atoms with Gasteiger partial charge < -0.3 is 4.57 Å². The number of hydrogen-bond acceptors (Lipinski definition) is 4. The van der Waals surface area contributed by atoms with Crippen molar-refractivity contribution in [3.63, 3.8) is 0 Å². The van der Waals surface area contributed by atoms with Crippen molar-refractivity contribution in [2.75, 3.05) is 5.43 Å². The number of para-hydroxylation sites is 1. The molecule has 0 atom stereocenters. The normalized spacial score (nSPS) is 11.5. The standard InChI is InChI=1S/C20H17ClN4S/c1-13-10-15(14(2)25(13)17-7-5-6-16(21)11-17)12-22-24-20-23-18-8-3-4-9-19(18)26-20/h3-12H,1-2H3,(H,23,24)/b22-12-. The van der Waals surface area contributed by atoms with Crippen molar-refractivity contribution in [1.82, 2.24) is 9.55 Å². The van der Waals surface area contributed by atoms with Gasteiger partial charge in [-0.1, -0.05) is 41.1 Å². The number of fused-ring (bicyclic) bond motifs is 1.